The van der Waals surface area contributed by atoms with Crippen molar-refractivity contribution in [3.8, 4) is 0 Å². The molecule has 0 radical (unpaired) electrons. The predicted molar refractivity (Wildman–Crippen MR) is 125 cm³/mol. The van der Waals surface area contributed by atoms with Crippen LogP contribution in [-0.2, 0) is 19.7 Å². The maximum Gasteiger partial charge on any atom is 0.243 e. The molecule has 1 aliphatic rings. The molecule has 1 aliphatic heterocycles. The normalized spacial score (nSPS) is 14.3. The first-order valence-electron chi connectivity index (χ1n) is 10.9. The van der Waals surface area contributed by atoms with E-state index in [4.69, 9.17) is 4.74 Å². The topological polar surface area (TPSA) is 61.9 Å². The van der Waals surface area contributed by atoms with Crippen LogP contribution in [0.5, 0.6) is 0 Å². The summed E-state index contributed by atoms with van der Waals surface area (Å²) in [5, 5.41) is 2.91. The van der Waals surface area contributed by atoms with E-state index in [-0.39, 0.29) is 18.4 Å². The van der Waals surface area contributed by atoms with Crippen LogP contribution in [0.15, 0.2) is 48.5 Å². The zero-order chi connectivity index (χ0) is 22.4. The van der Waals surface area contributed by atoms with E-state index in [2.05, 4.69) is 10.2 Å². The van der Waals surface area contributed by atoms with E-state index in [1.54, 1.807) is 4.90 Å². The summed E-state index contributed by atoms with van der Waals surface area (Å²) in [4.78, 5) is 29.7. The molecule has 0 saturated carbocycles. The fourth-order valence-corrected chi connectivity index (χ4v) is 3.77. The molecule has 3 rings (SSSR count). The molecular weight excluding hydrogens is 390 g/mol. The van der Waals surface area contributed by atoms with Crippen LogP contribution in [0, 0.1) is 6.92 Å². The van der Waals surface area contributed by atoms with Crippen molar-refractivity contribution >= 4 is 23.2 Å². The first-order chi connectivity index (χ1) is 14.8. The minimum atomic E-state index is -0.705. The van der Waals surface area contributed by atoms with E-state index < -0.39 is 5.41 Å². The van der Waals surface area contributed by atoms with Crippen molar-refractivity contribution in [1.82, 2.24) is 4.90 Å². The largest absolute Gasteiger partial charge is 0.378 e. The second-order valence-electron chi connectivity index (χ2n) is 8.50. The van der Waals surface area contributed by atoms with E-state index in [9.17, 15) is 9.59 Å². The average molecular weight is 424 g/mol. The third-order valence-electron chi connectivity index (χ3n) is 5.84. The number of nitrogens with zero attached hydrogens (tertiary/aromatic N) is 2. The van der Waals surface area contributed by atoms with Gasteiger partial charge >= 0.3 is 0 Å². The summed E-state index contributed by atoms with van der Waals surface area (Å²) in [5.41, 5.74) is 3.23. The molecule has 166 valence electrons. The Kier molecular flexibility index (Phi) is 7.33. The standard InChI is InChI=1S/C25H33N3O3/c1-5-27(24(30)25(3,4)20-8-6-19(2)7-9-20)18-23(29)26-21-10-12-22(13-11-21)28-14-16-31-17-15-28/h6-13H,5,14-18H2,1-4H3,(H,26,29). The fourth-order valence-electron chi connectivity index (χ4n) is 3.77. The molecule has 0 bridgehead atoms. The lowest BCUT2D eigenvalue weighted by atomic mass is 9.83. The van der Waals surface area contributed by atoms with Crippen LogP contribution in [0.3, 0.4) is 0 Å². The Morgan fingerprint density at radius 2 is 1.65 bits per heavy atom. The fraction of sp³-hybridized carbons (Fsp3) is 0.440. The molecule has 2 amide bonds. The number of ether oxygens (including phenoxy) is 1. The molecule has 1 heterocycles. The first kappa shape index (κ1) is 22.8. The molecule has 1 N–H and O–H groups in total. The number of likely N-dealkylation sites (N-methyl/N-ethyl adjacent to an activating group) is 1. The van der Waals surface area contributed by atoms with Gasteiger partial charge in [-0.05, 0) is 57.5 Å². The van der Waals surface area contributed by atoms with Gasteiger partial charge in [-0.25, -0.2) is 0 Å². The summed E-state index contributed by atoms with van der Waals surface area (Å²) in [6.45, 7) is 11.4. The number of aryl methyl sites for hydroxylation is 1. The molecule has 6 nitrogen and oxygen atoms in total. The number of hydrogen-bond donors (Lipinski definition) is 1. The molecule has 1 fully saturated rings. The van der Waals surface area contributed by atoms with E-state index in [1.807, 2.05) is 76.2 Å². The zero-order valence-electron chi connectivity index (χ0n) is 19.0. The van der Waals surface area contributed by atoms with Gasteiger partial charge in [-0.2, -0.15) is 0 Å². The van der Waals surface area contributed by atoms with Crippen LogP contribution in [0.4, 0.5) is 11.4 Å². The van der Waals surface area contributed by atoms with Crippen molar-refractivity contribution in [2.75, 3.05) is 49.6 Å². The lowest BCUT2D eigenvalue weighted by Gasteiger charge is -2.31. The highest BCUT2D eigenvalue weighted by atomic mass is 16.5. The molecule has 2 aromatic rings. The maximum atomic E-state index is 13.2. The van der Waals surface area contributed by atoms with Gasteiger partial charge in [0.05, 0.1) is 25.2 Å². The second kappa shape index (κ2) is 9.96. The van der Waals surface area contributed by atoms with Crippen LogP contribution in [0.1, 0.15) is 31.9 Å². The number of nitrogens with one attached hydrogen (secondary N) is 1. The highest BCUT2D eigenvalue weighted by molar-refractivity contribution is 5.96. The molecule has 0 spiro atoms. The van der Waals surface area contributed by atoms with E-state index >= 15 is 0 Å². The lowest BCUT2D eigenvalue weighted by molar-refractivity contribution is -0.138. The monoisotopic (exact) mass is 423 g/mol. The van der Waals surface area contributed by atoms with Gasteiger partial charge in [0.25, 0.3) is 0 Å². The summed E-state index contributed by atoms with van der Waals surface area (Å²) < 4.78 is 5.39. The number of rotatable bonds is 7. The Bertz CT molecular complexity index is 885. The minimum absolute atomic E-state index is 0.0237. The highest BCUT2D eigenvalue weighted by Crippen LogP contribution is 2.26. The minimum Gasteiger partial charge on any atom is -0.378 e. The lowest BCUT2D eigenvalue weighted by Crippen LogP contribution is -2.46. The Labute approximate surface area is 185 Å². The number of hydrogen-bond acceptors (Lipinski definition) is 4. The van der Waals surface area contributed by atoms with E-state index in [0.29, 0.717) is 6.54 Å². The van der Waals surface area contributed by atoms with Crippen molar-refractivity contribution < 1.29 is 14.3 Å². The van der Waals surface area contributed by atoms with Crippen molar-refractivity contribution in [3.05, 3.63) is 59.7 Å². The number of anilines is 2. The smallest absolute Gasteiger partial charge is 0.243 e. The Morgan fingerprint density at radius 3 is 2.23 bits per heavy atom. The summed E-state index contributed by atoms with van der Waals surface area (Å²) in [5.74, 6) is -0.259. The van der Waals surface area contributed by atoms with Gasteiger partial charge in [0.1, 0.15) is 0 Å². The van der Waals surface area contributed by atoms with Gasteiger partial charge in [0.2, 0.25) is 11.8 Å². The number of morpholine rings is 1. The van der Waals surface area contributed by atoms with E-state index in [1.165, 1.54) is 0 Å². The third-order valence-corrected chi connectivity index (χ3v) is 5.84. The van der Waals surface area contributed by atoms with Gasteiger partial charge in [0, 0.05) is 31.0 Å². The Balaban J connectivity index is 1.61. The zero-order valence-corrected chi connectivity index (χ0v) is 19.0. The summed E-state index contributed by atoms with van der Waals surface area (Å²) in [7, 11) is 0. The van der Waals surface area contributed by atoms with Crippen molar-refractivity contribution in [2.45, 2.75) is 33.1 Å². The quantitative estimate of drug-likeness (QED) is 0.739. The average Bonchev–Trinajstić information content (AvgIpc) is 2.78. The second-order valence-corrected chi connectivity index (χ2v) is 8.50. The molecular formula is C25H33N3O3. The van der Waals surface area contributed by atoms with Crippen LogP contribution in [0.2, 0.25) is 0 Å². The Hall–Kier alpha value is -2.86. The number of benzene rings is 2. The molecule has 0 unspecified atom stereocenters. The SMILES string of the molecule is CCN(CC(=O)Nc1ccc(N2CCOCC2)cc1)C(=O)C(C)(C)c1ccc(C)cc1. The first-order valence-corrected chi connectivity index (χ1v) is 10.9. The highest BCUT2D eigenvalue weighted by Gasteiger charge is 2.34. The van der Waals surface area contributed by atoms with Crippen LogP contribution >= 0.6 is 0 Å². The third kappa shape index (κ3) is 5.64. The summed E-state index contributed by atoms with van der Waals surface area (Å²) in [6, 6.07) is 15.8. The van der Waals surface area contributed by atoms with Gasteiger partial charge < -0.3 is 19.9 Å². The molecule has 2 aromatic carbocycles. The summed E-state index contributed by atoms with van der Waals surface area (Å²) in [6.07, 6.45) is 0. The van der Waals surface area contributed by atoms with Gasteiger partial charge in [-0.3, -0.25) is 9.59 Å². The van der Waals surface area contributed by atoms with Gasteiger partial charge in [0.15, 0.2) is 0 Å². The van der Waals surface area contributed by atoms with Crippen molar-refractivity contribution in [3.63, 3.8) is 0 Å². The van der Waals surface area contributed by atoms with Crippen LogP contribution in [0.25, 0.3) is 0 Å². The van der Waals surface area contributed by atoms with Gasteiger partial charge in [-0.15, -0.1) is 0 Å². The van der Waals surface area contributed by atoms with Crippen LogP contribution < -0.4 is 10.2 Å². The van der Waals surface area contributed by atoms with Gasteiger partial charge in [-0.1, -0.05) is 29.8 Å². The number of carbonyl (C=O) groups is 2. The molecule has 0 aromatic heterocycles. The number of amides is 2. The van der Waals surface area contributed by atoms with Crippen molar-refractivity contribution in [1.29, 1.82) is 0 Å². The Morgan fingerprint density at radius 1 is 1.03 bits per heavy atom. The molecule has 0 aliphatic carbocycles. The predicted octanol–water partition coefficient (Wildman–Crippen LogP) is 3.60. The summed E-state index contributed by atoms with van der Waals surface area (Å²) >= 11 is 0. The van der Waals surface area contributed by atoms with Crippen molar-refractivity contribution in [2.24, 2.45) is 0 Å². The van der Waals surface area contributed by atoms with E-state index in [0.717, 1.165) is 48.8 Å². The molecule has 31 heavy (non-hydrogen) atoms. The molecule has 1 saturated heterocycles. The number of carbonyl (C=O) groups excluding carboxylic acids is 2. The molecule has 0 atom stereocenters. The maximum absolute atomic E-state index is 13.2. The van der Waals surface area contributed by atoms with Crippen LogP contribution in [-0.4, -0.2) is 56.1 Å². The molecule has 6 heteroatoms.